The lowest BCUT2D eigenvalue weighted by Crippen LogP contribution is -2.46. The molecular formula is C22H35N3O. The van der Waals surface area contributed by atoms with E-state index in [1.165, 1.54) is 37.7 Å². The molecule has 26 heavy (non-hydrogen) atoms. The van der Waals surface area contributed by atoms with Crippen molar-refractivity contribution in [1.29, 1.82) is 5.26 Å². The Bertz CT molecular complexity index is 532. The lowest BCUT2D eigenvalue weighted by Gasteiger charge is -2.34. The van der Waals surface area contributed by atoms with Crippen LogP contribution in [0.3, 0.4) is 0 Å². The number of nitrogens with zero attached hydrogens (tertiary/aromatic N) is 3. The topological polar surface area (TPSA) is 39.5 Å². The zero-order chi connectivity index (χ0) is 18.5. The fourth-order valence-corrected chi connectivity index (χ4v) is 3.44. The first-order valence-electron chi connectivity index (χ1n) is 10.3. The van der Waals surface area contributed by atoms with Crippen molar-refractivity contribution in [2.75, 3.05) is 39.3 Å². The smallest absolute Gasteiger partial charge is 0.119 e. The molecule has 1 fully saturated rings. The van der Waals surface area contributed by atoms with E-state index in [1.807, 2.05) is 0 Å². The number of hydrogen-bond donors (Lipinski definition) is 0. The number of rotatable bonds is 12. The minimum atomic E-state index is 0.637. The summed E-state index contributed by atoms with van der Waals surface area (Å²) in [6.07, 6.45) is 8.41. The molecule has 1 saturated heterocycles. The first-order valence-corrected chi connectivity index (χ1v) is 10.3. The van der Waals surface area contributed by atoms with E-state index in [0.29, 0.717) is 6.42 Å². The van der Waals surface area contributed by atoms with Gasteiger partial charge in [-0.05, 0) is 24.1 Å². The van der Waals surface area contributed by atoms with Gasteiger partial charge in [0.2, 0.25) is 0 Å². The van der Waals surface area contributed by atoms with Gasteiger partial charge in [0.1, 0.15) is 5.75 Å². The van der Waals surface area contributed by atoms with Gasteiger partial charge in [-0.1, -0.05) is 51.2 Å². The van der Waals surface area contributed by atoms with Crippen LogP contribution in [-0.4, -0.2) is 49.1 Å². The molecule has 4 heteroatoms. The Labute approximate surface area is 159 Å². The van der Waals surface area contributed by atoms with Crippen LogP contribution in [0.4, 0.5) is 0 Å². The predicted octanol–water partition coefficient (Wildman–Crippen LogP) is 4.46. The molecule has 1 heterocycles. The van der Waals surface area contributed by atoms with Crippen LogP contribution in [0.15, 0.2) is 24.3 Å². The maximum atomic E-state index is 8.70. The molecule has 0 unspecified atom stereocenters. The van der Waals surface area contributed by atoms with Gasteiger partial charge >= 0.3 is 0 Å². The summed E-state index contributed by atoms with van der Waals surface area (Å²) in [5, 5.41) is 8.70. The number of nitriles is 1. The summed E-state index contributed by atoms with van der Waals surface area (Å²) in [7, 11) is 0. The summed E-state index contributed by atoms with van der Waals surface area (Å²) >= 11 is 0. The van der Waals surface area contributed by atoms with Gasteiger partial charge in [0.25, 0.3) is 0 Å². The number of unbranched alkanes of at least 4 members (excludes halogenated alkanes) is 5. The van der Waals surface area contributed by atoms with Gasteiger partial charge in [-0.3, -0.25) is 9.80 Å². The van der Waals surface area contributed by atoms with E-state index in [1.54, 1.807) is 0 Å². The van der Waals surface area contributed by atoms with E-state index < -0.39 is 0 Å². The largest absolute Gasteiger partial charge is 0.494 e. The Morgan fingerprint density at radius 1 is 1.00 bits per heavy atom. The van der Waals surface area contributed by atoms with Crippen LogP contribution < -0.4 is 4.74 Å². The van der Waals surface area contributed by atoms with Crippen LogP contribution in [0.25, 0.3) is 0 Å². The third-order valence-electron chi connectivity index (χ3n) is 5.08. The van der Waals surface area contributed by atoms with Gasteiger partial charge in [0.05, 0.1) is 12.7 Å². The minimum absolute atomic E-state index is 0.637. The molecule has 0 saturated carbocycles. The van der Waals surface area contributed by atoms with Crippen molar-refractivity contribution >= 4 is 0 Å². The average molecular weight is 358 g/mol. The summed E-state index contributed by atoms with van der Waals surface area (Å²) in [6, 6.07) is 10.8. The highest BCUT2D eigenvalue weighted by Gasteiger charge is 2.16. The van der Waals surface area contributed by atoms with Gasteiger partial charge in [-0.25, -0.2) is 0 Å². The average Bonchev–Trinajstić information content (AvgIpc) is 2.67. The SMILES string of the molecule is CCCCCCCCOc1cccc(CN2CCN(CCC#N)CC2)c1. The second-order valence-corrected chi connectivity index (χ2v) is 7.29. The molecule has 1 aliphatic rings. The van der Waals surface area contributed by atoms with Crippen molar-refractivity contribution in [2.45, 2.75) is 58.4 Å². The highest BCUT2D eigenvalue weighted by atomic mass is 16.5. The molecule has 4 nitrogen and oxygen atoms in total. The number of benzene rings is 1. The predicted molar refractivity (Wildman–Crippen MR) is 107 cm³/mol. The fraction of sp³-hybridized carbons (Fsp3) is 0.682. The molecule has 1 aliphatic heterocycles. The van der Waals surface area contributed by atoms with Crippen molar-refractivity contribution < 1.29 is 4.74 Å². The molecule has 2 rings (SSSR count). The van der Waals surface area contributed by atoms with Crippen LogP contribution in [0.1, 0.15) is 57.4 Å². The Hall–Kier alpha value is -1.57. The lowest BCUT2D eigenvalue weighted by molar-refractivity contribution is 0.129. The fourth-order valence-electron chi connectivity index (χ4n) is 3.44. The third-order valence-corrected chi connectivity index (χ3v) is 5.08. The number of hydrogen-bond acceptors (Lipinski definition) is 4. The van der Waals surface area contributed by atoms with E-state index in [2.05, 4.69) is 47.1 Å². The maximum absolute atomic E-state index is 8.70. The standard InChI is InChI=1S/C22H35N3O/c1-2-3-4-5-6-7-18-26-22-11-8-10-21(19-22)20-25-16-14-24(15-17-25)13-9-12-23/h8,10-11,19H,2-7,9,13-18,20H2,1H3. The Kier molecular flexibility index (Phi) is 10.2. The molecule has 1 aromatic carbocycles. The van der Waals surface area contributed by atoms with Crippen LogP contribution in [0.5, 0.6) is 5.75 Å². The van der Waals surface area contributed by atoms with Crippen molar-refractivity contribution in [3.63, 3.8) is 0 Å². The first-order chi connectivity index (χ1) is 12.8. The second-order valence-electron chi connectivity index (χ2n) is 7.29. The quantitative estimate of drug-likeness (QED) is 0.518. The van der Waals surface area contributed by atoms with E-state index in [4.69, 9.17) is 10.00 Å². The van der Waals surface area contributed by atoms with Crippen molar-refractivity contribution in [3.05, 3.63) is 29.8 Å². The maximum Gasteiger partial charge on any atom is 0.119 e. The summed E-state index contributed by atoms with van der Waals surface area (Å²) in [5.41, 5.74) is 1.33. The molecule has 0 N–H and O–H groups in total. The summed E-state index contributed by atoms with van der Waals surface area (Å²) in [5.74, 6) is 1.00. The number of ether oxygens (including phenoxy) is 1. The first kappa shape index (κ1) is 20.7. The molecule has 0 spiro atoms. The van der Waals surface area contributed by atoms with Crippen LogP contribution in [-0.2, 0) is 6.54 Å². The molecule has 0 radical (unpaired) electrons. The molecule has 144 valence electrons. The molecule has 0 aromatic heterocycles. The zero-order valence-corrected chi connectivity index (χ0v) is 16.5. The van der Waals surface area contributed by atoms with Gasteiger partial charge in [-0.2, -0.15) is 5.26 Å². The zero-order valence-electron chi connectivity index (χ0n) is 16.5. The summed E-state index contributed by atoms with van der Waals surface area (Å²) in [6.45, 7) is 9.26. The van der Waals surface area contributed by atoms with Crippen LogP contribution in [0, 0.1) is 11.3 Å². The minimum Gasteiger partial charge on any atom is -0.494 e. The van der Waals surface area contributed by atoms with Gasteiger partial charge in [-0.15, -0.1) is 0 Å². The van der Waals surface area contributed by atoms with Gasteiger partial charge < -0.3 is 4.74 Å². The Morgan fingerprint density at radius 2 is 1.73 bits per heavy atom. The Balaban J connectivity index is 1.65. The lowest BCUT2D eigenvalue weighted by atomic mass is 10.1. The van der Waals surface area contributed by atoms with E-state index >= 15 is 0 Å². The summed E-state index contributed by atoms with van der Waals surface area (Å²) in [4.78, 5) is 4.88. The second kappa shape index (κ2) is 12.7. The molecule has 0 aliphatic carbocycles. The monoisotopic (exact) mass is 357 g/mol. The normalized spacial score (nSPS) is 15.7. The van der Waals surface area contributed by atoms with Crippen molar-refractivity contribution in [1.82, 2.24) is 9.80 Å². The van der Waals surface area contributed by atoms with Gasteiger partial charge in [0, 0.05) is 45.7 Å². The van der Waals surface area contributed by atoms with Crippen molar-refractivity contribution in [3.8, 4) is 11.8 Å². The molecule has 0 amide bonds. The molecular weight excluding hydrogens is 322 g/mol. The highest BCUT2D eigenvalue weighted by Crippen LogP contribution is 2.17. The third kappa shape index (κ3) is 8.21. The molecule has 0 bridgehead atoms. The van der Waals surface area contributed by atoms with Crippen LogP contribution >= 0.6 is 0 Å². The summed E-state index contributed by atoms with van der Waals surface area (Å²) < 4.78 is 5.95. The molecule has 0 atom stereocenters. The van der Waals surface area contributed by atoms with Crippen LogP contribution in [0.2, 0.25) is 0 Å². The van der Waals surface area contributed by atoms with Gasteiger partial charge in [0.15, 0.2) is 0 Å². The number of piperazine rings is 1. The highest BCUT2D eigenvalue weighted by molar-refractivity contribution is 5.28. The Morgan fingerprint density at radius 3 is 2.50 bits per heavy atom. The van der Waals surface area contributed by atoms with E-state index in [9.17, 15) is 0 Å². The van der Waals surface area contributed by atoms with E-state index in [0.717, 1.165) is 58.0 Å². The molecule has 1 aromatic rings. The van der Waals surface area contributed by atoms with Crippen molar-refractivity contribution in [2.24, 2.45) is 0 Å². The van der Waals surface area contributed by atoms with E-state index in [-0.39, 0.29) is 0 Å².